The number of thioether (sulfide) groups is 1. The molecule has 0 aliphatic carbocycles. The first-order valence-electron chi connectivity index (χ1n) is 7.81. The van der Waals surface area contributed by atoms with E-state index < -0.39 is 5.97 Å². The van der Waals surface area contributed by atoms with Crippen molar-refractivity contribution in [2.75, 3.05) is 25.6 Å². The number of halogens is 1. The van der Waals surface area contributed by atoms with Crippen molar-refractivity contribution in [3.63, 3.8) is 0 Å². The predicted octanol–water partition coefficient (Wildman–Crippen LogP) is 2.23. The maximum absolute atomic E-state index is 11.4. The lowest BCUT2D eigenvalue weighted by atomic mass is 10.2. The second kappa shape index (κ2) is 10.0. The normalized spacial score (nSPS) is 15.3. The van der Waals surface area contributed by atoms with Crippen molar-refractivity contribution < 1.29 is 23.8 Å². The summed E-state index contributed by atoms with van der Waals surface area (Å²) in [5.74, 6) is 0.481. The summed E-state index contributed by atoms with van der Waals surface area (Å²) in [6.45, 7) is 3.97. The molecule has 1 heterocycles. The average molecular weight is 400 g/mol. The third-order valence-electron chi connectivity index (χ3n) is 2.95. The van der Waals surface area contributed by atoms with E-state index in [1.54, 1.807) is 13.0 Å². The van der Waals surface area contributed by atoms with Gasteiger partial charge in [-0.1, -0.05) is 23.4 Å². The van der Waals surface area contributed by atoms with Crippen LogP contribution < -0.4 is 14.8 Å². The molecule has 1 aliphatic rings. The molecule has 0 aromatic heterocycles. The highest BCUT2D eigenvalue weighted by molar-refractivity contribution is 8.15. The second-order valence-corrected chi connectivity index (χ2v) is 6.20. The van der Waals surface area contributed by atoms with E-state index in [0.29, 0.717) is 39.6 Å². The molecule has 1 aliphatic heterocycles. The van der Waals surface area contributed by atoms with Gasteiger partial charge in [0, 0.05) is 11.6 Å². The first-order chi connectivity index (χ1) is 12.5. The van der Waals surface area contributed by atoms with Gasteiger partial charge in [0.05, 0.1) is 30.2 Å². The summed E-state index contributed by atoms with van der Waals surface area (Å²) in [5, 5.41) is 11.2. The topological polar surface area (TPSA) is 98.6 Å². The second-order valence-electron chi connectivity index (χ2n) is 4.83. The van der Waals surface area contributed by atoms with E-state index in [1.165, 1.54) is 24.0 Å². The number of hydrogen-bond donors (Lipinski definition) is 1. The summed E-state index contributed by atoms with van der Waals surface area (Å²) in [5.41, 5.74) is 0.553. The van der Waals surface area contributed by atoms with E-state index >= 15 is 0 Å². The number of amidine groups is 1. The largest absolute Gasteiger partial charge is 0.490 e. The molecule has 0 bridgehead atoms. The molecule has 1 fully saturated rings. The number of nitrogens with one attached hydrogen (secondary N) is 1. The van der Waals surface area contributed by atoms with Crippen LogP contribution in [0.3, 0.4) is 0 Å². The fraction of sp³-hybridized carbons (Fsp3) is 0.375. The minimum Gasteiger partial charge on any atom is -0.490 e. The van der Waals surface area contributed by atoms with Crippen LogP contribution in [0.2, 0.25) is 5.02 Å². The lowest BCUT2D eigenvalue weighted by molar-refractivity contribution is -0.145. The van der Waals surface area contributed by atoms with Gasteiger partial charge in [0.1, 0.15) is 0 Å². The zero-order valence-electron chi connectivity index (χ0n) is 14.3. The summed E-state index contributed by atoms with van der Waals surface area (Å²) in [6, 6.07) is 3.17. The van der Waals surface area contributed by atoms with E-state index in [1.807, 2.05) is 6.92 Å². The number of nitrogens with zero attached hydrogens (tertiary/aromatic N) is 2. The molecule has 0 spiro atoms. The molecule has 0 radical (unpaired) electrons. The summed E-state index contributed by atoms with van der Waals surface area (Å²) < 4.78 is 15.8. The van der Waals surface area contributed by atoms with Crippen molar-refractivity contribution in [1.29, 1.82) is 0 Å². The van der Waals surface area contributed by atoms with Crippen LogP contribution in [0.15, 0.2) is 22.3 Å². The van der Waals surface area contributed by atoms with Gasteiger partial charge in [-0.3, -0.25) is 4.79 Å². The number of benzene rings is 1. The molecule has 1 aromatic carbocycles. The lowest BCUT2D eigenvalue weighted by Crippen LogP contribution is -2.19. The third kappa shape index (κ3) is 5.92. The van der Waals surface area contributed by atoms with E-state index in [2.05, 4.69) is 15.5 Å². The van der Waals surface area contributed by atoms with Gasteiger partial charge in [-0.2, -0.15) is 5.10 Å². The van der Waals surface area contributed by atoms with Gasteiger partial charge in [-0.15, -0.1) is 5.10 Å². The quantitative estimate of drug-likeness (QED) is 0.409. The zero-order chi connectivity index (χ0) is 18.9. The smallest absolute Gasteiger partial charge is 0.344 e. The van der Waals surface area contributed by atoms with Gasteiger partial charge in [0.2, 0.25) is 5.91 Å². The van der Waals surface area contributed by atoms with Crippen LogP contribution in [0.1, 0.15) is 19.4 Å². The van der Waals surface area contributed by atoms with Crippen molar-refractivity contribution in [3.05, 3.63) is 22.7 Å². The Kier molecular flexibility index (Phi) is 7.73. The highest BCUT2D eigenvalue weighted by Crippen LogP contribution is 2.33. The molecule has 1 N–H and O–H groups in total. The molecule has 1 amide bonds. The Morgan fingerprint density at radius 3 is 2.73 bits per heavy atom. The Morgan fingerprint density at radius 2 is 2.08 bits per heavy atom. The monoisotopic (exact) mass is 399 g/mol. The Labute approximate surface area is 159 Å². The number of rotatable bonds is 8. The molecule has 10 heteroatoms. The first-order valence-corrected chi connectivity index (χ1v) is 9.18. The van der Waals surface area contributed by atoms with Gasteiger partial charge in [-0.25, -0.2) is 4.79 Å². The maximum Gasteiger partial charge on any atom is 0.344 e. The SMILES string of the molecule is CCOC(=O)COc1cc(Cl)c(C=NN=C2NC(=O)CS2)cc1OCC. The van der Waals surface area contributed by atoms with Gasteiger partial charge in [0.25, 0.3) is 0 Å². The van der Waals surface area contributed by atoms with Crippen LogP contribution in [-0.2, 0) is 14.3 Å². The highest BCUT2D eigenvalue weighted by atomic mass is 35.5. The van der Waals surface area contributed by atoms with Crippen LogP contribution in [0.5, 0.6) is 11.5 Å². The third-order valence-corrected chi connectivity index (χ3v) is 4.14. The molecule has 1 saturated heterocycles. The molecule has 0 atom stereocenters. The Balaban J connectivity index is 2.13. The van der Waals surface area contributed by atoms with Crippen molar-refractivity contribution in [2.24, 2.45) is 10.2 Å². The van der Waals surface area contributed by atoms with E-state index in [9.17, 15) is 9.59 Å². The maximum atomic E-state index is 11.4. The van der Waals surface area contributed by atoms with Crippen molar-refractivity contribution in [2.45, 2.75) is 13.8 Å². The van der Waals surface area contributed by atoms with Gasteiger partial charge in [-0.05, 0) is 19.9 Å². The fourth-order valence-electron chi connectivity index (χ4n) is 1.89. The van der Waals surface area contributed by atoms with Crippen LogP contribution in [0, 0.1) is 0 Å². The Hall–Kier alpha value is -2.26. The molecule has 0 unspecified atom stereocenters. The number of amides is 1. The number of hydrogen-bond acceptors (Lipinski definition) is 8. The molecular formula is C16H18ClN3O5S. The summed E-state index contributed by atoms with van der Waals surface area (Å²) >= 11 is 7.50. The molecule has 26 heavy (non-hydrogen) atoms. The number of ether oxygens (including phenoxy) is 3. The highest BCUT2D eigenvalue weighted by Gasteiger charge is 2.16. The molecular weight excluding hydrogens is 382 g/mol. The first kappa shape index (κ1) is 20.1. The standard InChI is InChI=1S/C16H18ClN3O5S/c1-3-23-12-5-10(7-18-20-16-19-14(21)9-26-16)11(17)6-13(12)25-8-15(22)24-4-2/h5-7H,3-4,8-9H2,1-2H3,(H,19,20,21). The molecule has 2 rings (SSSR count). The lowest BCUT2D eigenvalue weighted by Gasteiger charge is -2.13. The van der Waals surface area contributed by atoms with Gasteiger partial charge < -0.3 is 19.5 Å². The minimum absolute atomic E-state index is 0.108. The minimum atomic E-state index is -0.483. The van der Waals surface area contributed by atoms with Crippen LogP contribution in [0.25, 0.3) is 0 Å². The number of carbonyl (C=O) groups is 2. The van der Waals surface area contributed by atoms with Crippen molar-refractivity contribution in [3.8, 4) is 11.5 Å². The Bertz CT molecular complexity index is 739. The summed E-state index contributed by atoms with van der Waals surface area (Å²) in [6.07, 6.45) is 1.44. The Morgan fingerprint density at radius 1 is 1.31 bits per heavy atom. The average Bonchev–Trinajstić information content (AvgIpc) is 3.01. The molecule has 0 saturated carbocycles. The molecule has 8 nitrogen and oxygen atoms in total. The fourth-order valence-corrected chi connectivity index (χ4v) is 2.73. The predicted molar refractivity (Wildman–Crippen MR) is 100 cm³/mol. The van der Waals surface area contributed by atoms with Gasteiger partial charge >= 0.3 is 5.97 Å². The number of carbonyl (C=O) groups excluding carboxylic acids is 2. The van der Waals surface area contributed by atoms with Crippen LogP contribution in [0.4, 0.5) is 0 Å². The van der Waals surface area contributed by atoms with Crippen LogP contribution in [-0.4, -0.2) is 48.8 Å². The molecule has 1 aromatic rings. The van der Waals surface area contributed by atoms with E-state index in [0.717, 1.165) is 0 Å². The summed E-state index contributed by atoms with van der Waals surface area (Å²) in [7, 11) is 0. The van der Waals surface area contributed by atoms with E-state index in [4.69, 9.17) is 25.8 Å². The van der Waals surface area contributed by atoms with Gasteiger partial charge in [0.15, 0.2) is 23.3 Å². The van der Waals surface area contributed by atoms with Crippen molar-refractivity contribution in [1.82, 2.24) is 5.32 Å². The van der Waals surface area contributed by atoms with E-state index in [-0.39, 0.29) is 19.1 Å². The van der Waals surface area contributed by atoms with Crippen LogP contribution >= 0.6 is 23.4 Å². The summed E-state index contributed by atoms with van der Waals surface area (Å²) in [4.78, 5) is 22.5. The van der Waals surface area contributed by atoms with Crippen molar-refractivity contribution >= 4 is 46.6 Å². The zero-order valence-corrected chi connectivity index (χ0v) is 15.9. The molecule has 140 valence electrons. The number of esters is 1.